The second-order valence-electron chi connectivity index (χ2n) is 3.14. The van der Waals surface area contributed by atoms with E-state index < -0.39 is 12.1 Å². The number of carboxylic acids is 1. The molecule has 0 bridgehead atoms. The molecule has 0 radical (unpaired) electrons. The van der Waals surface area contributed by atoms with Crippen LogP contribution in [0.15, 0.2) is 12.3 Å². The highest BCUT2D eigenvalue weighted by Crippen LogP contribution is 1.97. The summed E-state index contributed by atoms with van der Waals surface area (Å²) in [5, 5.41) is 17.2. The van der Waals surface area contributed by atoms with Crippen molar-refractivity contribution in [1.82, 2.24) is 15.5 Å². The lowest BCUT2D eigenvalue weighted by Gasteiger charge is -2.13. The summed E-state index contributed by atoms with van der Waals surface area (Å²) in [5.41, 5.74) is 0.324. The zero-order valence-corrected chi connectivity index (χ0v) is 8.77. The van der Waals surface area contributed by atoms with Gasteiger partial charge in [-0.15, -0.1) is 0 Å². The largest absolute Gasteiger partial charge is 0.481 e. The second-order valence-corrected chi connectivity index (χ2v) is 3.14. The van der Waals surface area contributed by atoms with Gasteiger partial charge in [-0.05, 0) is 6.07 Å². The summed E-state index contributed by atoms with van der Waals surface area (Å²) < 4.78 is 4.91. The lowest BCUT2D eigenvalue weighted by Crippen LogP contribution is -2.34. The fourth-order valence-electron chi connectivity index (χ4n) is 1.12. The fraction of sp³-hybridized carbons (Fsp3) is 0.444. The Bertz CT molecular complexity index is 350. The molecule has 3 N–H and O–H groups in total. The number of hydrogen-bond acceptors (Lipinski definition) is 4. The molecule has 1 aromatic heterocycles. The number of rotatable bonds is 6. The Hall–Kier alpha value is -1.89. The molecule has 0 aliphatic heterocycles. The lowest BCUT2D eigenvalue weighted by molar-refractivity contribution is -0.139. The van der Waals surface area contributed by atoms with Crippen LogP contribution < -0.4 is 5.32 Å². The first-order valence-electron chi connectivity index (χ1n) is 4.65. The number of aromatic nitrogens is 2. The van der Waals surface area contributed by atoms with Crippen LogP contribution in [0.4, 0.5) is 0 Å². The number of carbonyl (C=O) groups excluding carboxylic acids is 1. The van der Waals surface area contributed by atoms with Crippen LogP contribution in [0.5, 0.6) is 0 Å². The summed E-state index contributed by atoms with van der Waals surface area (Å²) in [6.07, 6.45) is 0.768. The number of hydrogen-bond donors (Lipinski definition) is 3. The van der Waals surface area contributed by atoms with Crippen molar-refractivity contribution < 1.29 is 19.4 Å². The van der Waals surface area contributed by atoms with E-state index in [0.717, 1.165) is 0 Å². The van der Waals surface area contributed by atoms with Gasteiger partial charge in [0.15, 0.2) is 0 Å². The zero-order chi connectivity index (χ0) is 12.0. The maximum absolute atomic E-state index is 11.4. The topological polar surface area (TPSA) is 104 Å². The molecular formula is C9H13N3O4. The van der Waals surface area contributed by atoms with Crippen LogP contribution in [0.2, 0.25) is 0 Å². The predicted octanol–water partition coefficient (Wildman–Crippen LogP) is -0.371. The number of amides is 1. The van der Waals surface area contributed by atoms with Gasteiger partial charge in [0.05, 0.1) is 12.5 Å². The maximum atomic E-state index is 11.4. The molecule has 16 heavy (non-hydrogen) atoms. The van der Waals surface area contributed by atoms with Gasteiger partial charge in [0, 0.05) is 19.9 Å². The van der Waals surface area contributed by atoms with Crippen molar-refractivity contribution in [3.63, 3.8) is 0 Å². The van der Waals surface area contributed by atoms with Crippen LogP contribution in [-0.4, -0.2) is 46.9 Å². The molecule has 1 aromatic rings. The molecule has 0 spiro atoms. The number of carboxylic acid groups (broad SMARTS) is 1. The molecule has 1 amide bonds. The van der Waals surface area contributed by atoms with Gasteiger partial charge in [0.2, 0.25) is 0 Å². The van der Waals surface area contributed by atoms with Crippen molar-refractivity contribution in [2.75, 3.05) is 13.7 Å². The minimum absolute atomic E-state index is 0.140. The van der Waals surface area contributed by atoms with Crippen LogP contribution in [0.1, 0.15) is 16.9 Å². The molecule has 0 aliphatic carbocycles. The third kappa shape index (κ3) is 3.70. The minimum Gasteiger partial charge on any atom is -0.481 e. The van der Waals surface area contributed by atoms with Crippen molar-refractivity contribution in [3.05, 3.63) is 18.0 Å². The molecule has 1 rings (SSSR count). The third-order valence-electron chi connectivity index (χ3n) is 1.97. The van der Waals surface area contributed by atoms with Crippen LogP contribution in [0.3, 0.4) is 0 Å². The standard InChI is InChI=1S/C9H13N3O4/c1-16-6(4-8(13)14)5-10-9(15)7-2-3-11-12-7/h2-3,6H,4-5H2,1H3,(H,10,15)(H,11,12)(H,13,14). The smallest absolute Gasteiger partial charge is 0.306 e. The van der Waals surface area contributed by atoms with Crippen LogP contribution >= 0.6 is 0 Å². The third-order valence-corrected chi connectivity index (χ3v) is 1.97. The Labute approximate surface area is 91.8 Å². The summed E-state index contributed by atoms with van der Waals surface area (Å²) in [6.45, 7) is 0.140. The first-order chi connectivity index (χ1) is 7.63. The number of carbonyl (C=O) groups is 2. The van der Waals surface area contributed by atoms with Crippen molar-refractivity contribution in [3.8, 4) is 0 Å². The van der Waals surface area contributed by atoms with Crippen molar-refractivity contribution >= 4 is 11.9 Å². The van der Waals surface area contributed by atoms with E-state index in [2.05, 4.69) is 15.5 Å². The van der Waals surface area contributed by atoms with Crippen molar-refractivity contribution in [2.24, 2.45) is 0 Å². The maximum Gasteiger partial charge on any atom is 0.306 e. The highest BCUT2D eigenvalue weighted by atomic mass is 16.5. The molecule has 0 fully saturated rings. The predicted molar refractivity (Wildman–Crippen MR) is 54.0 cm³/mol. The number of aromatic amines is 1. The van der Waals surface area contributed by atoms with Crippen molar-refractivity contribution in [1.29, 1.82) is 0 Å². The van der Waals surface area contributed by atoms with Crippen molar-refractivity contribution in [2.45, 2.75) is 12.5 Å². The Morgan fingerprint density at radius 3 is 2.94 bits per heavy atom. The van der Waals surface area contributed by atoms with Gasteiger partial charge in [-0.25, -0.2) is 0 Å². The molecule has 0 saturated carbocycles. The Morgan fingerprint density at radius 1 is 1.69 bits per heavy atom. The van der Waals surface area contributed by atoms with E-state index in [9.17, 15) is 9.59 Å². The summed E-state index contributed by atoms with van der Waals surface area (Å²) in [5.74, 6) is -1.31. The number of nitrogens with zero attached hydrogens (tertiary/aromatic N) is 1. The lowest BCUT2D eigenvalue weighted by atomic mass is 10.2. The molecule has 7 heteroatoms. The molecular weight excluding hydrogens is 214 g/mol. The number of ether oxygens (including phenoxy) is 1. The zero-order valence-electron chi connectivity index (χ0n) is 8.77. The molecule has 1 atom stereocenters. The van der Waals surface area contributed by atoms with Gasteiger partial charge in [0.25, 0.3) is 5.91 Å². The van der Waals surface area contributed by atoms with Gasteiger partial charge in [-0.3, -0.25) is 14.7 Å². The number of aliphatic carboxylic acids is 1. The molecule has 88 valence electrons. The molecule has 0 aromatic carbocycles. The van der Waals surface area contributed by atoms with Gasteiger partial charge in [-0.2, -0.15) is 5.10 Å². The molecule has 0 saturated heterocycles. The number of H-pyrrole nitrogens is 1. The SMILES string of the molecule is COC(CNC(=O)c1ccn[nH]1)CC(=O)O. The quantitative estimate of drug-likeness (QED) is 0.615. The fourth-order valence-corrected chi connectivity index (χ4v) is 1.12. The summed E-state index contributed by atoms with van der Waals surface area (Å²) in [6, 6.07) is 1.52. The van der Waals surface area contributed by atoms with Crippen LogP contribution in [0, 0.1) is 0 Å². The monoisotopic (exact) mass is 227 g/mol. The van der Waals surface area contributed by atoms with E-state index in [1.807, 2.05) is 0 Å². The summed E-state index contributed by atoms with van der Waals surface area (Å²) >= 11 is 0. The molecule has 0 aliphatic rings. The van der Waals surface area contributed by atoms with Gasteiger partial charge in [-0.1, -0.05) is 0 Å². The summed E-state index contributed by atoms with van der Waals surface area (Å²) in [7, 11) is 1.40. The average Bonchev–Trinajstić information content (AvgIpc) is 2.76. The van der Waals surface area contributed by atoms with E-state index >= 15 is 0 Å². The second kappa shape index (κ2) is 5.86. The minimum atomic E-state index is -0.970. The average molecular weight is 227 g/mol. The van der Waals surface area contributed by atoms with E-state index in [1.165, 1.54) is 19.4 Å². The number of nitrogens with one attached hydrogen (secondary N) is 2. The van der Waals surface area contributed by atoms with E-state index in [1.54, 1.807) is 0 Å². The Kier molecular flexibility index (Phi) is 4.46. The Morgan fingerprint density at radius 2 is 2.44 bits per heavy atom. The summed E-state index contributed by atoms with van der Waals surface area (Å²) in [4.78, 5) is 21.9. The van der Waals surface area contributed by atoms with Crippen LogP contribution in [0.25, 0.3) is 0 Å². The normalized spacial score (nSPS) is 12.1. The highest BCUT2D eigenvalue weighted by Gasteiger charge is 2.14. The molecule has 1 heterocycles. The van der Waals surface area contributed by atoms with E-state index in [-0.39, 0.29) is 18.9 Å². The van der Waals surface area contributed by atoms with Gasteiger partial charge < -0.3 is 15.2 Å². The van der Waals surface area contributed by atoms with Crippen LogP contribution in [-0.2, 0) is 9.53 Å². The first-order valence-corrected chi connectivity index (χ1v) is 4.65. The Balaban J connectivity index is 2.38. The van der Waals surface area contributed by atoms with Gasteiger partial charge >= 0.3 is 5.97 Å². The molecule has 1 unspecified atom stereocenters. The van der Waals surface area contributed by atoms with Gasteiger partial charge in [0.1, 0.15) is 5.69 Å². The highest BCUT2D eigenvalue weighted by molar-refractivity contribution is 5.92. The number of methoxy groups -OCH3 is 1. The molecule has 7 nitrogen and oxygen atoms in total. The van der Waals surface area contributed by atoms with E-state index in [0.29, 0.717) is 5.69 Å². The first kappa shape index (κ1) is 12.2. The van der Waals surface area contributed by atoms with E-state index in [4.69, 9.17) is 9.84 Å².